The van der Waals surface area contributed by atoms with Crippen molar-refractivity contribution < 1.29 is 9.53 Å². The van der Waals surface area contributed by atoms with E-state index in [2.05, 4.69) is 21.2 Å². The van der Waals surface area contributed by atoms with Crippen LogP contribution in [-0.2, 0) is 11.3 Å². The lowest BCUT2D eigenvalue weighted by Gasteiger charge is -2.14. The molecule has 1 atom stereocenters. The predicted octanol–water partition coefficient (Wildman–Crippen LogP) is 4.25. The Bertz CT molecular complexity index is 648. The van der Waals surface area contributed by atoms with Gasteiger partial charge in [0.15, 0.2) is 0 Å². The fourth-order valence-electron chi connectivity index (χ4n) is 1.96. The highest BCUT2D eigenvalue weighted by molar-refractivity contribution is 9.10. The minimum absolute atomic E-state index is 0.00617. The van der Waals surface area contributed by atoms with Crippen molar-refractivity contribution >= 4 is 33.6 Å². The number of halogens is 1. The minimum atomic E-state index is -0.173. The third-order valence-electron chi connectivity index (χ3n) is 3.16. The van der Waals surface area contributed by atoms with Gasteiger partial charge in [0.25, 0.3) is 0 Å². The number of rotatable bonds is 6. The first-order valence-electron chi connectivity index (χ1n) is 6.92. The summed E-state index contributed by atoms with van der Waals surface area (Å²) in [6.45, 7) is 2.37. The van der Waals surface area contributed by atoms with Gasteiger partial charge in [-0.15, -0.1) is 11.8 Å². The Hall–Kier alpha value is -1.46. The van der Waals surface area contributed by atoms with Gasteiger partial charge in [-0.2, -0.15) is 0 Å². The van der Waals surface area contributed by atoms with Crippen molar-refractivity contribution in [3.05, 3.63) is 58.6 Å². The van der Waals surface area contributed by atoms with Crippen molar-refractivity contribution in [1.82, 2.24) is 5.32 Å². The number of methoxy groups -OCH3 is 1. The summed E-state index contributed by atoms with van der Waals surface area (Å²) < 4.78 is 6.29. The number of nitrogens with one attached hydrogen (secondary N) is 1. The molecule has 1 amide bonds. The van der Waals surface area contributed by atoms with E-state index in [9.17, 15) is 4.79 Å². The number of carbonyl (C=O) groups excluding carboxylic acids is 1. The molecule has 0 aromatic heterocycles. The summed E-state index contributed by atoms with van der Waals surface area (Å²) in [5.74, 6) is 0.792. The lowest BCUT2D eigenvalue weighted by atomic mass is 10.2. The van der Waals surface area contributed by atoms with Crippen molar-refractivity contribution in [3.8, 4) is 5.75 Å². The van der Waals surface area contributed by atoms with Crippen LogP contribution in [0, 0.1) is 0 Å². The second-order valence-corrected chi connectivity index (χ2v) is 6.96. The van der Waals surface area contributed by atoms with Crippen LogP contribution >= 0.6 is 27.7 Å². The van der Waals surface area contributed by atoms with Crippen LogP contribution in [0.1, 0.15) is 12.5 Å². The van der Waals surface area contributed by atoms with Gasteiger partial charge in [0.05, 0.1) is 12.4 Å². The normalized spacial score (nSPS) is 11.8. The molecule has 116 valence electrons. The van der Waals surface area contributed by atoms with Gasteiger partial charge < -0.3 is 10.1 Å². The highest BCUT2D eigenvalue weighted by atomic mass is 79.9. The lowest BCUT2D eigenvalue weighted by Crippen LogP contribution is -2.30. The molecule has 0 saturated carbocycles. The molecule has 0 fully saturated rings. The Labute approximate surface area is 143 Å². The van der Waals surface area contributed by atoms with Gasteiger partial charge >= 0.3 is 0 Å². The molecule has 0 radical (unpaired) electrons. The summed E-state index contributed by atoms with van der Waals surface area (Å²) in [5, 5.41) is 2.79. The molecule has 5 heteroatoms. The number of para-hydroxylation sites is 1. The van der Waals surface area contributed by atoms with Gasteiger partial charge in [-0.25, -0.2) is 0 Å². The fraction of sp³-hybridized carbons (Fsp3) is 0.235. The first kappa shape index (κ1) is 16.9. The second-order valence-electron chi connectivity index (χ2n) is 4.72. The number of hydrogen-bond donors (Lipinski definition) is 1. The largest absolute Gasteiger partial charge is 0.496 e. The number of thioether (sulfide) groups is 1. The molecule has 0 heterocycles. The van der Waals surface area contributed by atoms with Crippen molar-refractivity contribution in [2.24, 2.45) is 0 Å². The summed E-state index contributed by atoms with van der Waals surface area (Å²) in [5.41, 5.74) is 0.969. The minimum Gasteiger partial charge on any atom is -0.496 e. The smallest absolute Gasteiger partial charge is 0.233 e. The quantitative estimate of drug-likeness (QED) is 0.762. The highest BCUT2D eigenvalue weighted by Gasteiger charge is 2.15. The lowest BCUT2D eigenvalue weighted by molar-refractivity contribution is -0.120. The third kappa shape index (κ3) is 4.52. The van der Waals surface area contributed by atoms with E-state index in [0.717, 1.165) is 20.7 Å². The number of hydrogen-bond acceptors (Lipinski definition) is 3. The summed E-state index contributed by atoms with van der Waals surface area (Å²) in [6.07, 6.45) is 0. The Morgan fingerprint density at radius 1 is 1.23 bits per heavy atom. The highest BCUT2D eigenvalue weighted by Crippen LogP contribution is 2.30. The summed E-state index contributed by atoms with van der Waals surface area (Å²) in [7, 11) is 1.63. The maximum absolute atomic E-state index is 12.2. The molecule has 1 N–H and O–H groups in total. The zero-order valence-corrected chi connectivity index (χ0v) is 14.9. The van der Waals surface area contributed by atoms with Gasteiger partial charge in [0.2, 0.25) is 5.91 Å². The van der Waals surface area contributed by atoms with Crippen LogP contribution in [0.5, 0.6) is 5.75 Å². The van der Waals surface area contributed by atoms with E-state index < -0.39 is 0 Å². The van der Waals surface area contributed by atoms with Crippen LogP contribution in [0.4, 0.5) is 0 Å². The Kier molecular flexibility index (Phi) is 6.34. The van der Waals surface area contributed by atoms with Gasteiger partial charge in [0, 0.05) is 21.5 Å². The van der Waals surface area contributed by atoms with Crippen molar-refractivity contribution in [2.75, 3.05) is 7.11 Å². The van der Waals surface area contributed by atoms with Crippen LogP contribution in [0.25, 0.3) is 0 Å². The molecular formula is C17H18BrNO2S. The number of carbonyl (C=O) groups is 1. The van der Waals surface area contributed by atoms with E-state index in [4.69, 9.17) is 4.74 Å². The first-order chi connectivity index (χ1) is 10.6. The maximum atomic E-state index is 12.2. The van der Waals surface area contributed by atoms with Crippen LogP contribution < -0.4 is 10.1 Å². The van der Waals surface area contributed by atoms with Crippen LogP contribution in [0.2, 0.25) is 0 Å². The van der Waals surface area contributed by atoms with Gasteiger partial charge in [-0.3, -0.25) is 4.79 Å². The SMILES string of the molecule is COc1ccccc1CNC(=O)C(C)Sc1ccccc1Br. The molecule has 0 aliphatic carbocycles. The van der Waals surface area contributed by atoms with Crippen LogP contribution in [0.3, 0.4) is 0 Å². The molecule has 22 heavy (non-hydrogen) atoms. The zero-order chi connectivity index (χ0) is 15.9. The second kappa shape index (κ2) is 8.25. The van der Waals surface area contributed by atoms with Crippen molar-refractivity contribution in [1.29, 1.82) is 0 Å². The molecule has 2 rings (SSSR count). The fourth-order valence-corrected chi connectivity index (χ4v) is 3.43. The van der Waals surface area contributed by atoms with Crippen LogP contribution in [0.15, 0.2) is 57.9 Å². The van der Waals surface area contributed by atoms with Crippen molar-refractivity contribution in [2.45, 2.75) is 23.6 Å². The Balaban J connectivity index is 1.93. The maximum Gasteiger partial charge on any atom is 0.233 e. The Morgan fingerprint density at radius 3 is 2.64 bits per heavy atom. The standard InChI is InChI=1S/C17H18BrNO2S/c1-12(22-16-10-6-4-8-14(16)18)17(20)19-11-13-7-3-5-9-15(13)21-2/h3-10,12H,11H2,1-2H3,(H,19,20). The van der Waals surface area contributed by atoms with E-state index in [1.54, 1.807) is 7.11 Å². The van der Waals surface area contributed by atoms with Crippen molar-refractivity contribution in [3.63, 3.8) is 0 Å². The van der Waals surface area contributed by atoms with E-state index in [0.29, 0.717) is 6.54 Å². The van der Waals surface area contributed by atoms with E-state index in [1.165, 1.54) is 11.8 Å². The summed E-state index contributed by atoms with van der Waals surface area (Å²) >= 11 is 5.03. The first-order valence-corrected chi connectivity index (χ1v) is 8.60. The molecule has 3 nitrogen and oxygen atoms in total. The molecule has 0 aliphatic heterocycles. The number of ether oxygens (including phenoxy) is 1. The molecule has 0 bridgehead atoms. The zero-order valence-electron chi connectivity index (χ0n) is 12.5. The van der Waals surface area contributed by atoms with E-state index in [-0.39, 0.29) is 11.2 Å². The molecule has 2 aromatic rings. The van der Waals surface area contributed by atoms with Gasteiger partial charge in [-0.1, -0.05) is 30.3 Å². The van der Waals surface area contributed by atoms with E-state index in [1.807, 2.05) is 55.5 Å². The number of amides is 1. The van der Waals surface area contributed by atoms with Crippen LogP contribution in [-0.4, -0.2) is 18.3 Å². The summed E-state index contributed by atoms with van der Waals surface area (Å²) in [4.78, 5) is 13.3. The van der Waals surface area contributed by atoms with Gasteiger partial charge in [-0.05, 0) is 41.1 Å². The monoisotopic (exact) mass is 379 g/mol. The average molecular weight is 380 g/mol. The van der Waals surface area contributed by atoms with Gasteiger partial charge in [0.1, 0.15) is 5.75 Å². The molecule has 0 aliphatic rings. The molecule has 0 spiro atoms. The average Bonchev–Trinajstić information content (AvgIpc) is 2.54. The molecule has 0 saturated heterocycles. The number of benzene rings is 2. The molecule has 2 aromatic carbocycles. The topological polar surface area (TPSA) is 38.3 Å². The third-order valence-corrected chi connectivity index (χ3v) is 5.29. The predicted molar refractivity (Wildman–Crippen MR) is 94.3 cm³/mol. The molecular weight excluding hydrogens is 362 g/mol. The molecule has 1 unspecified atom stereocenters. The van der Waals surface area contributed by atoms with E-state index >= 15 is 0 Å². The Morgan fingerprint density at radius 2 is 1.91 bits per heavy atom. The summed E-state index contributed by atoms with van der Waals surface area (Å²) in [6, 6.07) is 15.6.